The standard InChI is InChI=1S/CH5BO.CH2O2/c1-3-2;2-1-3/h2H2,1H3;1H,(H,2,3). The van der Waals surface area contributed by atoms with Crippen LogP contribution >= 0.6 is 0 Å². The van der Waals surface area contributed by atoms with E-state index in [0.29, 0.717) is 0 Å². The summed E-state index contributed by atoms with van der Waals surface area (Å²) >= 11 is 0. The predicted octanol–water partition coefficient (Wildman–Crippen LogP) is -1.12. The molecular formula is C2H7BO3. The van der Waals surface area contributed by atoms with Crippen LogP contribution in [0.1, 0.15) is 0 Å². The largest absolute Gasteiger partial charge is 0.483 e. The van der Waals surface area contributed by atoms with E-state index in [-0.39, 0.29) is 6.47 Å². The first-order valence-corrected chi connectivity index (χ1v) is 1.31. The van der Waals surface area contributed by atoms with E-state index in [1.165, 1.54) is 0 Å². The molecule has 0 spiro atoms. The van der Waals surface area contributed by atoms with Crippen LogP contribution in [0, 0.1) is 0 Å². The highest BCUT2D eigenvalue weighted by atomic mass is 16.4. The Morgan fingerprint density at radius 1 is 2.00 bits per heavy atom. The molecular weight excluding hydrogens is 82.8 g/mol. The average Bonchev–Trinajstić information content (AvgIpc) is 1.39. The van der Waals surface area contributed by atoms with Crippen molar-refractivity contribution in [2.24, 2.45) is 0 Å². The van der Waals surface area contributed by atoms with E-state index in [1.54, 1.807) is 15.2 Å². The molecule has 0 rings (SSSR count). The summed E-state index contributed by atoms with van der Waals surface area (Å²) in [4.78, 5) is 8.36. The van der Waals surface area contributed by atoms with Gasteiger partial charge in [0.1, 0.15) is 0 Å². The zero-order valence-electron chi connectivity index (χ0n) is 3.84. The van der Waals surface area contributed by atoms with Crippen LogP contribution in [0.4, 0.5) is 0 Å². The van der Waals surface area contributed by atoms with E-state index >= 15 is 0 Å². The lowest BCUT2D eigenvalue weighted by Gasteiger charge is -1.60. The van der Waals surface area contributed by atoms with Crippen LogP contribution in [-0.4, -0.2) is 26.7 Å². The Hall–Kier alpha value is -0.505. The maximum absolute atomic E-state index is 8.36. The molecule has 0 aliphatic rings. The van der Waals surface area contributed by atoms with Crippen LogP contribution in [0.15, 0.2) is 0 Å². The minimum atomic E-state index is -0.250. The third-order valence-electron chi connectivity index (χ3n) is 0. The molecule has 0 radical (unpaired) electrons. The van der Waals surface area contributed by atoms with E-state index in [4.69, 9.17) is 9.90 Å². The normalized spacial score (nSPS) is 4.83. The maximum Gasteiger partial charge on any atom is 0.290 e. The minimum absolute atomic E-state index is 0.250. The molecule has 0 fully saturated rings. The second-order valence-corrected chi connectivity index (χ2v) is 0.514. The van der Waals surface area contributed by atoms with Crippen LogP contribution in [0.5, 0.6) is 0 Å². The molecule has 0 saturated heterocycles. The van der Waals surface area contributed by atoms with Gasteiger partial charge in [-0.1, -0.05) is 0 Å². The molecule has 0 amide bonds. The second kappa shape index (κ2) is 24.6. The third-order valence-corrected chi connectivity index (χ3v) is 0. The van der Waals surface area contributed by atoms with Gasteiger partial charge < -0.3 is 9.76 Å². The van der Waals surface area contributed by atoms with Gasteiger partial charge in [0.15, 0.2) is 0 Å². The smallest absolute Gasteiger partial charge is 0.290 e. The van der Waals surface area contributed by atoms with Crippen LogP contribution in [0.25, 0.3) is 0 Å². The zero-order valence-corrected chi connectivity index (χ0v) is 3.84. The minimum Gasteiger partial charge on any atom is -0.483 e. The summed E-state index contributed by atoms with van der Waals surface area (Å²) in [6.07, 6.45) is 0. The van der Waals surface area contributed by atoms with E-state index in [0.717, 1.165) is 0 Å². The molecule has 0 aromatic carbocycles. The van der Waals surface area contributed by atoms with Gasteiger partial charge in [-0.3, -0.25) is 4.79 Å². The van der Waals surface area contributed by atoms with Gasteiger partial charge in [0.05, 0.1) is 0 Å². The number of hydrogen-bond acceptors (Lipinski definition) is 2. The predicted molar refractivity (Wildman–Crippen MR) is 24.2 cm³/mol. The Kier molecular flexibility index (Phi) is 37.2. The molecule has 36 valence electrons. The molecule has 0 aliphatic heterocycles. The first-order chi connectivity index (χ1) is 2.83. The van der Waals surface area contributed by atoms with Crippen LogP contribution in [-0.2, 0) is 9.45 Å². The Balaban J connectivity index is 0. The lowest BCUT2D eigenvalue weighted by molar-refractivity contribution is -0.122. The highest BCUT2D eigenvalue weighted by Crippen LogP contribution is 1.24. The van der Waals surface area contributed by atoms with Gasteiger partial charge in [-0.05, 0) is 0 Å². The van der Waals surface area contributed by atoms with Crippen molar-refractivity contribution in [3.63, 3.8) is 0 Å². The second-order valence-electron chi connectivity index (χ2n) is 0.514. The summed E-state index contributed by atoms with van der Waals surface area (Å²) in [5.41, 5.74) is 0. The third kappa shape index (κ3) is 85.3. The van der Waals surface area contributed by atoms with E-state index in [9.17, 15) is 0 Å². The number of carboxylic acid groups (broad SMARTS) is 1. The molecule has 0 aromatic rings. The quantitative estimate of drug-likeness (QED) is 0.302. The molecule has 0 aromatic heterocycles. The van der Waals surface area contributed by atoms with E-state index in [2.05, 4.69) is 4.65 Å². The van der Waals surface area contributed by atoms with Gasteiger partial charge in [0.25, 0.3) is 14.5 Å². The van der Waals surface area contributed by atoms with Crippen LogP contribution < -0.4 is 0 Å². The van der Waals surface area contributed by atoms with Crippen molar-refractivity contribution in [2.75, 3.05) is 7.11 Å². The van der Waals surface area contributed by atoms with Crippen LogP contribution in [0.3, 0.4) is 0 Å². The Labute approximate surface area is 37.4 Å². The summed E-state index contributed by atoms with van der Waals surface area (Å²) in [6.45, 7) is -0.250. The monoisotopic (exact) mass is 90.0 g/mol. The summed E-state index contributed by atoms with van der Waals surface area (Å²) in [6, 6.07) is 0. The first-order valence-electron chi connectivity index (χ1n) is 1.31. The Bertz CT molecular complexity index is 22.8. The summed E-state index contributed by atoms with van der Waals surface area (Å²) in [5, 5.41) is 6.89. The van der Waals surface area contributed by atoms with Crippen molar-refractivity contribution in [1.29, 1.82) is 0 Å². The van der Waals surface area contributed by atoms with Gasteiger partial charge in [-0.2, -0.15) is 0 Å². The summed E-state index contributed by atoms with van der Waals surface area (Å²) in [7, 11) is 3.25. The Morgan fingerprint density at radius 3 is 2.00 bits per heavy atom. The molecule has 0 heterocycles. The number of carbonyl (C=O) groups is 1. The lowest BCUT2D eigenvalue weighted by Crippen LogP contribution is -1.60. The molecule has 4 heteroatoms. The molecule has 0 bridgehead atoms. The first kappa shape index (κ1) is 9.09. The van der Waals surface area contributed by atoms with Gasteiger partial charge in [-0.15, -0.1) is 0 Å². The molecule has 0 saturated carbocycles. The van der Waals surface area contributed by atoms with Gasteiger partial charge in [-0.25, -0.2) is 0 Å². The zero-order chi connectivity index (χ0) is 5.41. The average molecular weight is 89.9 g/mol. The van der Waals surface area contributed by atoms with Crippen molar-refractivity contribution in [3.05, 3.63) is 0 Å². The molecule has 6 heavy (non-hydrogen) atoms. The Morgan fingerprint density at radius 2 is 2.00 bits per heavy atom. The van der Waals surface area contributed by atoms with Crippen molar-refractivity contribution in [1.82, 2.24) is 0 Å². The number of hydrogen-bond donors (Lipinski definition) is 1. The van der Waals surface area contributed by atoms with Crippen molar-refractivity contribution in [2.45, 2.75) is 0 Å². The van der Waals surface area contributed by atoms with Gasteiger partial charge in [0, 0.05) is 7.11 Å². The molecule has 0 atom stereocenters. The van der Waals surface area contributed by atoms with E-state index < -0.39 is 0 Å². The molecule has 0 unspecified atom stereocenters. The topological polar surface area (TPSA) is 46.5 Å². The van der Waals surface area contributed by atoms with E-state index in [1.807, 2.05) is 0 Å². The van der Waals surface area contributed by atoms with Crippen molar-refractivity contribution >= 4 is 14.5 Å². The number of rotatable bonds is 0. The molecule has 1 N–H and O–H groups in total. The fourth-order valence-electron chi connectivity index (χ4n) is 0. The van der Waals surface area contributed by atoms with Crippen LogP contribution in [0.2, 0.25) is 0 Å². The maximum atomic E-state index is 8.36. The van der Waals surface area contributed by atoms with Gasteiger partial charge >= 0.3 is 0 Å². The molecule has 0 aliphatic carbocycles. The van der Waals surface area contributed by atoms with Gasteiger partial charge in [0.2, 0.25) is 0 Å². The summed E-state index contributed by atoms with van der Waals surface area (Å²) in [5.74, 6) is 0. The SMILES string of the molecule is BOC.O=CO. The molecule has 3 nitrogen and oxygen atoms in total. The lowest BCUT2D eigenvalue weighted by atomic mass is 10.6. The highest BCUT2D eigenvalue weighted by Gasteiger charge is 1.30. The highest BCUT2D eigenvalue weighted by molar-refractivity contribution is 5.97. The van der Waals surface area contributed by atoms with Crippen molar-refractivity contribution < 1.29 is 14.6 Å². The fourth-order valence-corrected chi connectivity index (χ4v) is 0. The fraction of sp³-hybridized carbons (Fsp3) is 0.500. The summed E-state index contributed by atoms with van der Waals surface area (Å²) < 4.78 is 4.25. The van der Waals surface area contributed by atoms with Crippen molar-refractivity contribution in [3.8, 4) is 0 Å².